The van der Waals surface area contributed by atoms with Crippen molar-refractivity contribution < 1.29 is 22.6 Å². The topological polar surface area (TPSA) is 56.3 Å². The van der Waals surface area contributed by atoms with Gasteiger partial charge < -0.3 is 14.8 Å². The Kier molecular flexibility index (Phi) is 3.92. The number of rotatable bonds is 4. The third-order valence-electron chi connectivity index (χ3n) is 2.15. The molecular formula is C12H10F3N3O2. The van der Waals surface area contributed by atoms with Gasteiger partial charge in [-0.05, 0) is 24.3 Å². The summed E-state index contributed by atoms with van der Waals surface area (Å²) in [5.41, 5.74) is 0. The fraction of sp³-hybridized carbons (Fsp3) is 0.167. The highest BCUT2D eigenvalue weighted by Gasteiger charge is 2.30. The molecule has 0 saturated carbocycles. The van der Waals surface area contributed by atoms with Crippen molar-refractivity contribution in [3.05, 3.63) is 36.7 Å². The molecule has 0 bridgehead atoms. The van der Waals surface area contributed by atoms with Crippen molar-refractivity contribution in [1.29, 1.82) is 0 Å². The molecule has 0 unspecified atom stereocenters. The van der Waals surface area contributed by atoms with Crippen LogP contribution in [-0.4, -0.2) is 23.4 Å². The van der Waals surface area contributed by atoms with Crippen LogP contribution in [0.5, 0.6) is 17.4 Å². The van der Waals surface area contributed by atoms with Gasteiger partial charge in [0, 0.05) is 7.05 Å². The molecule has 1 aromatic carbocycles. The number of anilines is 1. The van der Waals surface area contributed by atoms with E-state index in [0.29, 0.717) is 11.6 Å². The lowest BCUT2D eigenvalue weighted by atomic mass is 10.3. The van der Waals surface area contributed by atoms with Crippen molar-refractivity contribution in [2.45, 2.75) is 6.36 Å². The second-order valence-corrected chi connectivity index (χ2v) is 3.61. The Morgan fingerprint density at radius 1 is 1.05 bits per heavy atom. The number of hydrogen-bond donors (Lipinski definition) is 1. The van der Waals surface area contributed by atoms with Crippen molar-refractivity contribution >= 4 is 5.82 Å². The van der Waals surface area contributed by atoms with Gasteiger partial charge in [0.05, 0.1) is 12.4 Å². The van der Waals surface area contributed by atoms with Crippen molar-refractivity contribution in [2.75, 3.05) is 12.4 Å². The molecule has 0 aliphatic rings. The maximum Gasteiger partial charge on any atom is 0.573 e. The number of nitrogens with zero attached hydrogens (tertiary/aromatic N) is 2. The Bertz CT molecular complexity index is 573. The van der Waals surface area contributed by atoms with E-state index in [1.54, 1.807) is 7.05 Å². The number of halogens is 3. The Morgan fingerprint density at radius 3 is 2.30 bits per heavy atom. The standard InChI is InChI=1S/C12H10F3N3O2/c1-16-10-6-17-7-11(18-10)19-8-2-4-9(5-3-8)20-12(13,14)15/h2-7H,1H3,(H,16,18). The molecule has 5 nitrogen and oxygen atoms in total. The average molecular weight is 285 g/mol. The number of aromatic nitrogens is 2. The van der Waals surface area contributed by atoms with Crippen LogP contribution in [0.15, 0.2) is 36.7 Å². The molecule has 8 heteroatoms. The van der Waals surface area contributed by atoms with Gasteiger partial charge in [0.2, 0.25) is 5.88 Å². The van der Waals surface area contributed by atoms with Crippen LogP contribution < -0.4 is 14.8 Å². The normalized spacial score (nSPS) is 11.0. The van der Waals surface area contributed by atoms with E-state index < -0.39 is 6.36 Å². The molecule has 1 aromatic heterocycles. The van der Waals surface area contributed by atoms with Crippen LogP contribution in [-0.2, 0) is 0 Å². The number of hydrogen-bond acceptors (Lipinski definition) is 5. The predicted octanol–water partition coefficient (Wildman–Crippen LogP) is 3.21. The lowest BCUT2D eigenvalue weighted by molar-refractivity contribution is -0.274. The van der Waals surface area contributed by atoms with Gasteiger partial charge in [-0.3, -0.25) is 4.98 Å². The molecule has 2 aromatic rings. The highest BCUT2D eigenvalue weighted by Crippen LogP contribution is 2.26. The minimum atomic E-state index is -4.71. The van der Waals surface area contributed by atoms with Gasteiger partial charge in [-0.15, -0.1) is 13.2 Å². The molecule has 0 aliphatic carbocycles. The maximum atomic E-state index is 12.0. The molecular weight excluding hydrogens is 275 g/mol. The highest BCUT2D eigenvalue weighted by atomic mass is 19.4. The van der Waals surface area contributed by atoms with E-state index in [9.17, 15) is 13.2 Å². The molecule has 0 spiro atoms. The number of nitrogens with one attached hydrogen (secondary N) is 1. The van der Waals surface area contributed by atoms with Crippen LogP contribution in [0.3, 0.4) is 0 Å². The van der Waals surface area contributed by atoms with E-state index >= 15 is 0 Å². The lowest BCUT2D eigenvalue weighted by Gasteiger charge is -2.09. The first-order valence-electron chi connectivity index (χ1n) is 5.50. The Hall–Kier alpha value is -2.51. The maximum absolute atomic E-state index is 12.0. The van der Waals surface area contributed by atoms with Gasteiger partial charge in [0.15, 0.2) is 0 Å². The molecule has 0 aliphatic heterocycles. The van der Waals surface area contributed by atoms with Gasteiger partial charge >= 0.3 is 6.36 Å². The third kappa shape index (κ3) is 4.01. The molecule has 106 valence electrons. The minimum absolute atomic E-state index is 0.223. The molecule has 1 heterocycles. The fourth-order valence-corrected chi connectivity index (χ4v) is 1.35. The number of benzene rings is 1. The predicted molar refractivity (Wildman–Crippen MR) is 64.8 cm³/mol. The smallest absolute Gasteiger partial charge is 0.437 e. The van der Waals surface area contributed by atoms with E-state index in [1.165, 1.54) is 24.5 Å². The fourth-order valence-electron chi connectivity index (χ4n) is 1.35. The van der Waals surface area contributed by atoms with Crippen LogP contribution in [0, 0.1) is 0 Å². The Balaban J connectivity index is 2.06. The lowest BCUT2D eigenvalue weighted by Crippen LogP contribution is -2.16. The van der Waals surface area contributed by atoms with Crippen LogP contribution in [0.25, 0.3) is 0 Å². The first-order chi connectivity index (χ1) is 9.46. The molecule has 0 amide bonds. The number of alkyl halides is 3. The first-order valence-corrected chi connectivity index (χ1v) is 5.50. The molecule has 2 rings (SSSR count). The largest absolute Gasteiger partial charge is 0.573 e. The Morgan fingerprint density at radius 2 is 1.70 bits per heavy atom. The summed E-state index contributed by atoms with van der Waals surface area (Å²) in [7, 11) is 1.68. The van der Waals surface area contributed by atoms with Crippen LogP contribution in [0.2, 0.25) is 0 Å². The quantitative estimate of drug-likeness (QED) is 0.934. The monoisotopic (exact) mass is 285 g/mol. The molecule has 0 radical (unpaired) electrons. The van der Waals surface area contributed by atoms with Gasteiger partial charge in [0.1, 0.15) is 17.3 Å². The summed E-state index contributed by atoms with van der Waals surface area (Å²) in [6.45, 7) is 0. The molecule has 20 heavy (non-hydrogen) atoms. The van der Waals surface area contributed by atoms with Crippen molar-refractivity contribution in [1.82, 2.24) is 9.97 Å². The van der Waals surface area contributed by atoms with E-state index in [-0.39, 0.29) is 11.6 Å². The third-order valence-corrected chi connectivity index (χ3v) is 2.15. The minimum Gasteiger partial charge on any atom is -0.437 e. The summed E-state index contributed by atoms with van der Waals surface area (Å²) >= 11 is 0. The van der Waals surface area contributed by atoms with E-state index in [2.05, 4.69) is 20.0 Å². The molecule has 0 fully saturated rings. The van der Waals surface area contributed by atoms with Crippen LogP contribution in [0.1, 0.15) is 0 Å². The van der Waals surface area contributed by atoms with Gasteiger partial charge in [-0.1, -0.05) is 0 Å². The summed E-state index contributed by atoms with van der Waals surface area (Å²) in [4.78, 5) is 7.96. The van der Waals surface area contributed by atoms with Gasteiger partial charge in [-0.25, -0.2) is 0 Å². The zero-order chi connectivity index (χ0) is 14.6. The van der Waals surface area contributed by atoms with E-state index in [1.807, 2.05) is 0 Å². The average Bonchev–Trinajstić information content (AvgIpc) is 2.40. The van der Waals surface area contributed by atoms with Crippen molar-refractivity contribution in [2.24, 2.45) is 0 Å². The molecule has 1 N–H and O–H groups in total. The van der Waals surface area contributed by atoms with Crippen LogP contribution in [0.4, 0.5) is 19.0 Å². The zero-order valence-electron chi connectivity index (χ0n) is 10.3. The second kappa shape index (κ2) is 5.64. The summed E-state index contributed by atoms with van der Waals surface area (Å²) in [5, 5.41) is 2.79. The van der Waals surface area contributed by atoms with Gasteiger partial charge in [-0.2, -0.15) is 4.98 Å². The van der Waals surface area contributed by atoms with Crippen LogP contribution >= 0.6 is 0 Å². The summed E-state index contributed by atoms with van der Waals surface area (Å²) in [5.74, 6) is 0.739. The summed E-state index contributed by atoms with van der Waals surface area (Å²) in [6.07, 6.45) is -1.82. The molecule has 0 atom stereocenters. The molecule has 0 saturated heterocycles. The zero-order valence-corrected chi connectivity index (χ0v) is 10.3. The van der Waals surface area contributed by atoms with Crippen molar-refractivity contribution in [3.8, 4) is 17.4 Å². The second-order valence-electron chi connectivity index (χ2n) is 3.61. The highest BCUT2D eigenvalue weighted by molar-refractivity contribution is 5.36. The van der Waals surface area contributed by atoms with E-state index in [0.717, 1.165) is 12.1 Å². The van der Waals surface area contributed by atoms with E-state index in [4.69, 9.17) is 4.74 Å². The number of ether oxygens (including phenoxy) is 2. The SMILES string of the molecule is CNc1cncc(Oc2ccc(OC(F)(F)F)cc2)n1. The Labute approximate surface area is 112 Å². The van der Waals surface area contributed by atoms with Crippen molar-refractivity contribution in [3.63, 3.8) is 0 Å². The van der Waals surface area contributed by atoms with Gasteiger partial charge in [0.25, 0.3) is 0 Å². The first kappa shape index (κ1) is 13.9. The summed E-state index contributed by atoms with van der Waals surface area (Å²) in [6, 6.07) is 4.99. The summed E-state index contributed by atoms with van der Waals surface area (Å²) < 4.78 is 45.1.